The second-order valence-electron chi connectivity index (χ2n) is 7.48. The molecular formula is C24H24ClN3O4S. The number of anilines is 2. The molecular weight excluding hydrogens is 462 g/mol. The van der Waals surface area contributed by atoms with Crippen molar-refractivity contribution in [2.75, 3.05) is 23.2 Å². The van der Waals surface area contributed by atoms with Gasteiger partial charge in [-0.25, -0.2) is 8.42 Å². The summed E-state index contributed by atoms with van der Waals surface area (Å²) in [6.45, 7) is 3.44. The molecule has 33 heavy (non-hydrogen) atoms. The summed E-state index contributed by atoms with van der Waals surface area (Å²) in [4.78, 5) is 24.8. The summed E-state index contributed by atoms with van der Waals surface area (Å²) < 4.78 is 26.8. The molecule has 0 radical (unpaired) electrons. The van der Waals surface area contributed by atoms with Gasteiger partial charge in [-0.3, -0.25) is 13.9 Å². The molecule has 0 aliphatic rings. The van der Waals surface area contributed by atoms with Crippen molar-refractivity contribution < 1.29 is 18.0 Å². The summed E-state index contributed by atoms with van der Waals surface area (Å²) in [5.41, 5.74) is 2.97. The molecule has 0 bridgehead atoms. The smallest absolute Gasteiger partial charge is 0.264 e. The van der Waals surface area contributed by atoms with Gasteiger partial charge < -0.3 is 10.6 Å². The molecule has 0 unspecified atom stereocenters. The van der Waals surface area contributed by atoms with Crippen molar-refractivity contribution in [2.45, 2.75) is 18.7 Å². The zero-order valence-corrected chi connectivity index (χ0v) is 20.0. The summed E-state index contributed by atoms with van der Waals surface area (Å²) in [7, 11) is -2.28. The summed E-state index contributed by atoms with van der Waals surface area (Å²) in [5, 5.41) is 5.79. The van der Waals surface area contributed by atoms with Crippen LogP contribution in [0, 0.1) is 13.8 Å². The van der Waals surface area contributed by atoms with E-state index in [9.17, 15) is 18.0 Å². The molecule has 3 aromatic carbocycles. The molecule has 3 rings (SSSR count). The first-order chi connectivity index (χ1) is 15.6. The van der Waals surface area contributed by atoms with Crippen molar-refractivity contribution in [3.8, 4) is 0 Å². The zero-order chi connectivity index (χ0) is 24.2. The molecule has 0 spiro atoms. The Morgan fingerprint density at radius 2 is 1.58 bits per heavy atom. The van der Waals surface area contributed by atoms with Gasteiger partial charge in [0.2, 0.25) is 5.91 Å². The molecule has 0 atom stereocenters. The fourth-order valence-electron chi connectivity index (χ4n) is 3.03. The minimum Gasteiger partial charge on any atom is -0.343 e. The van der Waals surface area contributed by atoms with E-state index < -0.39 is 21.8 Å². The summed E-state index contributed by atoms with van der Waals surface area (Å²) >= 11 is 6.05. The monoisotopic (exact) mass is 485 g/mol. The molecule has 0 aliphatic heterocycles. The topological polar surface area (TPSA) is 95.6 Å². The van der Waals surface area contributed by atoms with Crippen LogP contribution in [-0.4, -0.2) is 33.8 Å². The number of nitrogens with zero attached hydrogens (tertiary/aromatic N) is 1. The largest absolute Gasteiger partial charge is 0.343 e. The maximum atomic E-state index is 12.8. The lowest BCUT2D eigenvalue weighted by atomic mass is 10.2. The van der Waals surface area contributed by atoms with Crippen molar-refractivity contribution in [3.63, 3.8) is 0 Å². The molecule has 0 heterocycles. The van der Waals surface area contributed by atoms with Gasteiger partial charge in [-0.2, -0.15) is 0 Å². The average Bonchev–Trinajstić information content (AvgIpc) is 2.80. The van der Waals surface area contributed by atoms with Crippen molar-refractivity contribution in [3.05, 3.63) is 88.4 Å². The van der Waals surface area contributed by atoms with Gasteiger partial charge in [0.1, 0.15) is 0 Å². The number of carbonyl (C=O) groups excluding carboxylic acids is 2. The van der Waals surface area contributed by atoms with E-state index in [1.165, 1.54) is 31.3 Å². The van der Waals surface area contributed by atoms with Crippen molar-refractivity contribution in [1.29, 1.82) is 0 Å². The predicted octanol–water partition coefficient (Wildman–Crippen LogP) is 4.15. The number of sulfonamides is 1. The van der Waals surface area contributed by atoms with E-state index >= 15 is 0 Å². The van der Waals surface area contributed by atoms with E-state index in [1.807, 2.05) is 6.92 Å². The first kappa shape index (κ1) is 24.3. The Labute approximate surface area is 198 Å². The van der Waals surface area contributed by atoms with E-state index in [4.69, 9.17) is 11.6 Å². The minimum absolute atomic E-state index is 0.179. The molecule has 7 nitrogen and oxygen atoms in total. The van der Waals surface area contributed by atoms with E-state index in [2.05, 4.69) is 10.6 Å². The van der Waals surface area contributed by atoms with Gasteiger partial charge >= 0.3 is 0 Å². The highest BCUT2D eigenvalue weighted by Crippen LogP contribution is 2.24. The maximum Gasteiger partial charge on any atom is 0.264 e. The quantitative estimate of drug-likeness (QED) is 0.525. The Hall–Kier alpha value is -3.36. The zero-order valence-electron chi connectivity index (χ0n) is 18.4. The van der Waals surface area contributed by atoms with Gasteiger partial charge in [0.25, 0.3) is 15.9 Å². The summed E-state index contributed by atoms with van der Waals surface area (Å²) in [6, 6.07) is 17.8. The number of aryl methyl sites for hydroxylation is 1. The molecule has 0 aliphatic carbocycles. The normalized spacial score (nSPS) is 11.0. The van der Waals surface area contributed by atoms with Crippen LogP contribution in [-0.2, 0) is 14.8 Å². The van der Waals surface area contributed by atoms with Crippen LogP contribution in [0.1, 0.15) is 21.5 Å². The average molecular weight is 486 g/mol. The molecule has 2 amide bonds. The number of rotatable bonds is 7. The molecule has 0 aromatic heterocycles. The van der Waals surface area contributed by atoms with Crippen LogP contribution in [0.15, 0.2) is 71.6 Å². The maximum absolute atomic E-state index is 12.8. The van der Waals surface area contributed by atoms with Crippen LogP contribution in [0.25, 0.3) is 0 Å². The SMILES string of the molecule is Cc1ccc(S(=O)(=O)N(C)c2ccc(C(=O)NCC(=O)Nc3cccc(Cl)c3C)cc2)cc1. The fourth-order valence-corrected chi connectivity index (χ4v) is 4.40. The van der Waals surface area contributed by atoms with E-state index in [0.29, 0.717) is 22.0 Å². The van der Waals surface area contributed by atoms with Crippen molar-refractivity contribution in [1.82, 2.24) is 5.32 Å². The number of amides is 2. The minimum atomic E-state index is -3.73. The van der Waals surface area contributed by atoms with Crippen LogP contribution in [0.3, 0.4) is 0 Å². The number of hydrogen-bond donors (Lipinski definition) is 2. The van der Waals surface area contributed by atoms with Crippen LogP contribution < -0.4 is 14.9 Å². The lowest BCUT2D eigenvalue weighted by Gasteiger charge is -2.20. The molecule has 0 fully saturated rings. The highest BCUT2D eigenvalue weighted by molar-refractivity contribution is 7.92. The number of halogens is 1. The third-order valence-electron chi connectivity index (χ3n) is 5.12. The standard InChI is InChI=1S/C24H24ClN3O4S/c1-16-7-13-20(14-8-16)33(31,32)28(3)19-11-9-18(10-12-19)24(30)26-15-23(29)27-22-6-4-5-21(25)17(22)2/h4-14H,15H2,1-3H3,(H,26,30)(H,27,29). The Bertz CT molecular complexity index is 1270. The molecule has 3 aromatic rings. The van der Waals surface area contributed by atoms with Crippen molar-refractivity contribution in [2.24, 2.45) is 0 Å². The highest BCUT2D eigenvalue weighted by atomic mass is 35.5. The second kappa shape index (κ2) is 10.1. The first-order valence-corrected chi connectivity index (χ1v) is 11.9. The van der Waals surface area contributed by atoms with Crippen LogP contribution in [0.4, 0.5) is 11.4 Å². The van der Waals surface area contributed by atoms with Gasteiger partial charge in [0, 0.05) is 23.3 Å². The Balaban J connectivity index is 1.62. The summed E-state index contributed by atoms with van der Waals surface area (Å²) in [5.74, 6) is -0.849. The van der Waals surface area contributed by atoms with Gasteiger partial charge in [-0.05, 0) is 67.9 Å². The van der Waals surface area contributed by atoms with Gasteiger partial charge in [-0.15, -0.1) is 0 Å². The highest BCUT2D eigenvalue weighted by Gasteiger charge is 2.21. The first-order valence-electron chi connectivity index (χ1n) is 10.1. The lowest BCUT2D eigenvalue weighted by Crippen LogP contribution is -2.33. The fraction of sp³-hybridized carbons (Fsp3) is 0.167. The van der Waals surface area contributed by atoms with Gasteiger partial charge in [0.15, 0.2) is 0 Å². The molecule has 0 saturated carbocycles. The molecule has 2 N–H and O–H groups in total. The van der Waals surface area contributed by atoms with Crippen LogP contribution in [0.5, 0.6) is 0 Å². The summed E-state index contributed by atoms with van der Waals surface area (Å²) in [6.07, 6.45) is 0. The number of nitrogens with one attached hydrogen (secondary N) is 2. The molecule has 0 saturated heterocycles. The Kier molecular flexibility index (Phi) is 7.40. The van der Waals surface area contributed by atoms with Crippen LogP contribution in [0.2, 0.25) is 5.02 Å². The Morgan fingerprint density at radius 3 is 2.21 bits per heavy atom. The predicted molar refractivity (Wildman–Crippen MR) is 130 cm³/mol. The van der Waals surface area contributed by atoms with Crippen LogP contribution >= 0.6 is 11.6 Å². The van der Waals surface area contributed by atoms with E-state index in [-0.39, 0.29) is 11.4 Å². The molecule has 9 heteroatoms. The third kappa shape index (κ3) is 5.71. The van der Waals surface area contributed by atoms with E-state index in [1.54, 1.807) is 49.4 Å². The second-order valence-corrected chi connectivity index (χ2v) is 9.85. The van der Waals surface area contributed by atoms with Crippen molar-refractivity contribution >= 4 is 44.8 Å². The van der Waals surface area contributed by atoms with Gasteiger partial charge in [-0.1, -0.05) is 35.4 Å². The lowest BCUT2D eigenvalue weighted by molar-refractivity contribution is -0.115. The Morgan fingerprint density at radius 1 is 0.939 bits per heavy atom. The third-order valence-corrected chi connectivity index (χ3v) is 7.33. The van der Waals surface area contributed by atoms with Gasteiger partial charge in [0.05, 0.1) is 17.1 Å². The number of hydrogen-bond acceptors (Lipinski definition) is 4. The molecule has 172 valence electrons. The van der Waals surface area contributed by atoms with E-state index in [0.717, 1.165) is 15.4 Å². The number of carbonyl (C=O) groups is 2. The number of benzene rings is 3.